The summed E-state index contributed by atoms with van der Waals surface area (Å²) in [6, 6.07) is 0. The van der Waals surface area contributed by atoms with Crippen molar-refractivity contribution < 1.29 is 14.6 Å². The topological polar surface area (TPSA) is 38.7 Å². The molecule has 20 heavy (non-hydrogen) atoms. The highest BCUT2D eigenvalue weighted by Gasteiger charge is 2.13. The van der Waals surface area contributed by atoms with Crippen LogP contribution >= 0.6 is 0 Å². The van der Waals surface area contributed by atoms with Crippen LogP contribution in [0.5, 0.6) is 0 Å². The Labute approximate surface area is 124 Å². The van der Waals surface area contributed by atoms with Crippen LogP contribution in [0.1, 0.15) is 58.8 Å². The summed E-state index contributed by atoms with van der Waals surface area (Å²) >= 11 is 0. The van der Waals surface area contributed by atoms with Crippen LogP contribution in [0.4, 0.5) is 0 Å². The summed E-state index contributed by atoms with van der Waals surface area (Å²) in [6.07, 6.45) is 10.8. The summed E-state index contributed by atoms with van der Waals surface area (Å²) in [5.41, 5.74) is 0.968. The molecule has 0 bridgehead atoms. The molecule has 118 valence electrons. The number of hydrogen-bond acceptors (Lipinski definition) is 3. The zero-order valence-corrected chi connectivity index (χ0v) is 13.3. The first kappa shape index (κ1) is 19.2. The van der Waals surface area contributed by atoms with Gasteiger partial charge in [-0.05, 0) is 24.8 Å². The molecular formula is C17H32O3. The van der Waals surface area contributed by atoms with E-state index in [9.17, 15) is 5.11 Å². The summed E-state index contributed by atoms with van der Waals surface area (Å²) in [6.45, 7) is 9.48. The zero-order valence-electron chi connectivity index (χ0n) is 13.3. The predicted molar refractivity (Wildman–Crippen MR) is 84.7 cm³/mol. The van der Waals surface area contributed by atoms with Crippen molar-refractivity contribution in [3.8, 4) is 0 Å². The molecule has 1 N–H and O–H groups in total. The van der Waals surface area contributed by atoms with Crippen LogP contribution in [0.25, 0.3) is 0 Å². The van der Waals surface area contributed by atoms with Gasteiger partial charge in [-0.1, -0.05) is 45.6 Å². The first-order chi connectivity index (χ1) is 9.79. The van der Waals surface area contributed by atoms with Crippen LogP contribution in [0.15, 0.2) is 24.5 Å². The fourth-order valence-electron chi connectivity index (χ4n) is 1.88. The van der Waals surface area contributed by atoms with E-state index in [0.29, 0.717) is 13.0 Å². The quantitative estimate of drug-likeness (QED) is 0.295. The number of ether oxygens (including phenoxy) is 2. The van der Waals surface area contributed by atoms with Gasteiger partial charge in [-0.15, -0.1) is 6.58 Å². The van der Waals surface area contributed by atoms with Crippen molar-refractivity contribution in [2.24, 2.45) is 0 Å². The molecular weight excluding hydrogens is 252 g/mol. The molecule has 1 unspecified atom stereocenters. The molecule has 0 rings (SSSR count). The lowest BCUT2D eigenvalue weighted by molar-refractivity contribution is 0.0302. The molecule has 1 atom stereocenters. The van der Waals surface area contributed by atoms with E-state index in [1.54, 1.807) is 6.26 Å². The van der Waals surface area contributed by atoms with Crippen molar-refractivity contribution in [2.75, 3.05) is 19.8 Å². The summed E-state index contributed by atoms with van der Waals surface area (Å²) < 4.78 is 11.3. The minimum atomic E-state index is -0.268. The zero-order chi connectivity index (χ0) is 15.1. The minimum absolute atomic E-state index is 0.00980. The highest BCUT2D eigenvalue weighted by atomic mass is 16.5. The summed E-state index contributed by atoms with van der Waals surface area (Å²) in [5.74, 6) is 0. The van der Waals surface area contributed by atoms with Gasteiger partial charge in [-0.25, -0.2) is 0 Å². The average Bonchev–Trinajstić information content (AvgIpc) is 2.46. The molecule has 3 heteroatoms. The normalized spacial score (nSPS) is 13.2. The van der Waals surface area contributed by atoms with Gasteiger partial charge >= 0.3 is 0 Å². The van der Waals surface area contributed by atoms with Gasteiger partial charge in [0.1, 0.15) is 6.10 Å². The highest BCUT2D eigenvalue weighted by Crippen LogP contribution is 2.13. The highest BCUT2D eigenvalue weighted by molar-refractivity contribution is 5.09. The predicted octanol–water partition coefficient (Wildman–Crippen LogP) is 4.22. The Balaban J connectivity index is 4.20. The molecule has 0 radical (unpaired) electrons. The maximum Gasteiger partial charge on any atom is 0.105 e. The van der Waals surface area contributed by atoms with E-state index in [2.05, 4.69) is 20.4 Å². The number of unbranched alkanes of at least 4 members (excludes halogenated alkanes) is 4. The fourth-order valence-corrected chi connectivity index (χ4v) is 1.88. The van der Waals surface area contributed by atoms with E-state index in [1.807, 2.05) is 6.08 Å². The Bertz CT molecular complexity index is 249. The molecule has 0 aliphatic rings. The van der Waals surface area contributed by atoms with E-state index in [1.165, 1.54) is 19.3 Å². The molecule has 0 saturated carbocycles. The molecule has 0 aliphatic carbocycles. The minimum Gasteiger partial charge on any atom is -0.501 e. The smallest absolute Gasteiger partial charge is 0.105 e. The third-order valence-corrected chi connectivity index (χ3v) is 3.13. The molecule has 0 aromatic heterocycles. The van der Waals surface area contributed by atoms with Gasteiger partial charge in [0.25, 0.3) is 0 Å². The number of allylic oxidation sites excluding steroid dienone is 1. The largest absolute Gasteiger partial charge is 0.501 e. The van der Waals surface area contributed by atoms with Crippen molar-refractivity contribution in [1.29, 1.82) is 0 Å². The van der Waals surface area contributed by atoms with Gasteiger partial charge in [0.05, 0.1) is 19.5 Å². The second-order valence-corrected chi connectivity index (χ2v) is 5.01. The van der Waals surface area contributed by atoms with Crippen LogP contribution in [0, 0.1) is 0 Å². The number of aliphatic hydroxyl groups is 1. The lowest BCUT2D eigenvalue weighted by Crippen LogP contribution is -2.21. The average molecular weight is 284 g/mol. The molecule has 0 fully saturated rings. The number of hydrogen-bond donors (Lipinski definition) is 1. The lowest BCUT2D eigenvalue weighted by atomic mass is 10.1. The molecule has 0 spiro atoms. The van der Waals surface area contributed by atoms with Gasteiger partial charge in [0.15, 0.2) is 0 Å². The molecule has 0 heterocycles. The first-order valence-corrected chi connectivity index (χ1v) is 7.93. The third kappa shape index (κ3) is 10.0. The first-order valence-electron chi connectivity index (χ1n) is 7.93. The van der Waals surface area contributed by atoms with E-state index in [0.717, 1.165) is 31.4 Å². The van der Waals surface area contributed by atoms with Crippen LogP contribution < -0.4 is 0 Å². The number of rotatable bonds is 14. The van der Waals surface area contributed by atoms with E-state index in [4.69, 9.17) is 9.47 Å². The van der Waals surface area contributed by atoms with Crippen LogP contribution in [-0.4, -0.2) is 31.0 Å². The van der Waals surface area contributed by atoms with Gasteiger partial charge in [0, 0.05) is 6.61 Å². The maximum absolute atomic E-state index is 9.46. The van der Waals surface area contributed by atoms with E-state index in [-0.39, 0.29) is 12.7 Å². The third-order valence-electron chi connectivity index (χ3n) is 3.13. The van der Waals surface area contributed by atoms with E-state index >= 15 is 0 Å². The van der Waals surface area contributed by atoms with Gasteiger partial charge < -0.3 is 14.6 Å². The fraction of sp³-hybridized carbons (Fsp3) is 0.765. The molecule has 0 amide bonds. The Kier molecular flexibility index (Phi) is 14.0. The molecule has 3 nitrogen and oxygen atoms in total. The van der Waals surface area contributed by atoms with Crippen molar-refractivity contribution in [3.05, 3.63) is 24.5 Å². The van der Waals surface area contributed by atoms with Crippen molar-refractivity contribution in [3.63, 3.8) is 0 Å². The van der Waals surface area contributed by atoms with Crippen molar-refractivity contribution in [1.82, 2.24) is 0 Å². The van der Waals surface area contributed by atoms with Crippen molar-refractivity contribution in [2.45, 2.75) is 64.9 Å². The Morgan fingerprint density at radius 2 is 1.75 bits per heavy atom. The van der Waals surface area contributed by atoms with Crippen LogP contribution in [-0.2, 0) is 9.47 Å². The van der Waals surface area contributed by atoms with Gasteiger partial charge in [-0.2, -0.15) is 0 Å². The second kappa shape index (κ2) is 14.6. The molecule has 0 saturated heterocycles. The van der Waals surface area contributed by atoms with Gasteiger partial charge in [-0.3, -0.25) is 0 Å². The lowest BCUT2D eigenvalue weighted by Gasteiger charge is -2.18. The summed E-state index contributed by atoms with van der Waals surface area (Å²) in [5, 5.41) is 9.46. The SMILES string of the molecule is C=CC/C(=C/OCCCCC)C(CO)OCCCCC. The molecule has 0 aliphatic heterocycles. The second-order valence-electron chi connectivity index (χ2n) is 5.01. The monoisotopic (exact) mass is 284 g/mol. The van der Waals surface area contributed by atoms with Crippen molar-refractivity contribution >= 4 is 0 Å². The Morgan fingerprint density at radius 3 is 2.30 bits per heavy atom. The summed E-state index contributed by atoms with van der Waals surface area (Å²) in [7, 11) is 0. The number of aliphatic hydroxyl groups excluding tert-OH is 1. The van der Waals surface area contributed by atoms with E-state index < -0.39 is 0 Å². The Morgan fingerprint density at radius 1 is 1.10 bits per heavy atom. The van der Waals surface area contributed by atoms with Crippen LogP contribution in [0.3, 0.4) is 0 Å². The van der Waals surface area contributed by atoms with Crippen LogP contribution in [0.2, 0.25) is 0 Å². The Hall–Kier alpha value is -0.800. The molecule has 0 aromatic carbocycles. The summed E-state index contributed by atoms with van der Waals surface area (Å²) in [4.78, 5) is 0. The molecule has 0 aromatic rings. The van der Waals surface area contributed by atoms with Gasteiger partial charge in [0.2, 0.25) is 0 Å². The maximum atomic E-state index is 9.46. The standard InChI is InChI=1S/C17H32O3/c1-4-7-9-12-19-15-16(11-6-3)17(14-18)20-13-10-8-5-2/h6,15,17-18H,3-5,7-14H2,1-2H3/b16-15-.